The molecule has 0 bridgehead atoms. The molecule has 0 fully saturated rings. The van der Waals surface area contributed by atoms with Crippen molar-refractivity contribution in [2.45, 2.75) is 32.0 Å². The van der Waals surface area contributed by atoms with Gasteiger partial charge in [-0.1, -0.05) is 12.1 Å². The summed E-state index contributed by atoms with van der Waals surface area (Å²) in [5, 5.41) is 12.4. The van der Waals surface area contributed by atoms with Crippen LogP contribution in [0.15, 0.2) is 30.3 Å². The Hall–Kier alpha value is -2.21. The van der Waals surface area contributed by atoms with Gasteiger partial charge in [-0.25, -0.2) is 9.97 Å². The largest absolute Gasteiger partial charge is 0.416 e. The molecule has 0 aliphatic carbocycles. The average Bonchev–Trinajstić information content (AvgIpc) is 2.64. The number of hydrogen-bond donors (Lipinski definition) is 1. The Balaban J connectivity index is 0.00000392. The zero-order valence-electron chi connectivity index (χ0n) is 15.6. The van der Waals surface area contributed by atoms with Crippen molar-refractivity contribution in [1.29, 1.82) is 5.26 Å². The lowest BCUT2D eigenvalue weighted by Crippen LogP contribution is -2.31. The zero-order chi connectivity index (χ0) is 19.9. The monoisotopic (exact) mass is 414 g/mol. The molecule has 0 aliphatic rings. The zero-order valence-corrected chi connectivity index (χ0v) is 16.4. The van der Waals surface area contributed by atoms with E-state index in [4.69, 9.17) is 10.00 Å². The van der Waals surface area contributed by atoms with Crippen molar-refractivity contribution in [3.05, 3.63) is 47.4 Å². The maximum atomic E-state index is 12.9. The molecule has 152 valence electrons. The molecular formula is C19H22ClF3N4O. The van der Waals surface area contributed by atoms with Gasteiger partial charge in [0, 0.05) is 24.4 Å². The van der Waals surface area contributed by atoms with Crippen LogP contribution in [0.3, 0.4) is 0 Å². The minimum atomic E-state index is -4.44. The highest BCUT2D eigenvalue weighted by Gasteiger charge is 2.30. The third-order valence-electron chi connectivity index (χ3n) is 3.88. The van der Waals surface area contributed by atoms with Gasteiger partial charge >= 0.3 is 6.18 Å². The SMILES string of the molecule is COC[C@H](C)NCCCc1cc(-c2cccc(C(F)(F)F)c2)nc(C#N)n1.Cl. The summed E-state index contributed by atoms with van der Waals surface area (Å²) in [6.07, 6.45) is -3.09. The summed E-state index contributed by atoms with van der Waals surface area (Å²) in [6.45, 7) is 3.34. The Morgan fingerprint density at radius 1 is 1.25 bits per heavy atom. The quantitative estimate of drug-likeness (QED) is 0.661. The van der Waals surface area contributed by atoms with Crippen molar-refractivity contribution in [2.24, 2.45) is 0 Å². The smallest absolute Gasteiger partial charge is 0.383 e. The van der Waals surface area contributed by atoms with Crippen LogP contribution in [0.1, 0.15) is 30.4 Å². The minimum absolute atomic E-state index is 0. The van der Waals surface area contributed by atoms with Crippen LogP contribution >= 0.6 is 12.4 Å². The summed E-state index contributed by atoms with van der Waals surface area (Å²) in [5.74, 6) is -0.0550. The molecule has 0 amide bonds. The lowest BCUT2D eigenvalue weighted by Gasteiger charge is -2.12. The Kier molecular flexibility index (Phi) is 9.32. The number of ether oxygens (including phenoxy) is 1. The Bertz CT molecular complexity index is 808. The molecule has 9 heteroatoms. The summed E-state index contributed by atoms with van der Waals surface area (Å²) in [6, 6.07) is 8.62. The van der Waals surface area contributed by atoms with E-state index in [1.165, 1.54) is 12.1 Å². The average molecular weight is 415 g/mol. The fourth-order valence-electron chi connectivity index (χ4n) is 2.61. The summed E-state index contributed by atoms with van der Waals surface area (Å²) in [7, 11) is 1.64. The van der Waals surface area contributed by atoms with Crippen molar-refractivity contribution in [1.82, 2.24) is 15.3 Å². The molecule has 0 unspecified atom stereocenters. The number of halogens is 4. The van der Waals surface area contributed by atoms with Crippen molar-refractivity contribution in [3.8, 4) is 17.3 Å². The molecule has 0 spiro atoms. The highest BCUT2D eigenvalue weighted by Crippen LogP contribution is 2.31. The molecular weight excluding hydrogens is 393 g/mol. The number of rotatable bonds is 8. The molecule has 1 aromatic carbocycles. The lowest BCUT2D eigenvalue weighted by atomic mass is 10.1. The van der Waals surface area contributed by atoms with Crippen LogP contribution in [0.4, 0.5) is 13.2 Å². The highest BCUT2D eigenvalue weighted by molar-refractivity contribution is 5.85. The standard InChI is InChI=1S/C19H21F3N4O.ClH/c1-13(12-27-2)24-8-4-7-16-10-17(26-18(11-23)25-16)14-5-3-6-15(9-14)19(20,21)22;/h3,5-6,9-10,13,24H,4,7-8,12H2,1-2H3;1H/t13-;/m0./s1. The molecule has 28 heavy (non-hydrogen) atoms. The summed E-state index contributed by atoms with van der Waals surface area (Å²) >= 11 is 0. The van der Waals surface area contributed by atoms with Gasteiger partial charge in [-0.3, -0.25) is 0 Å². The Labute approximate surface area is 168 Å². The summed E-state index contributed by atoms with van der Waals surface area (Å²) < 4.78 is 43.8. The number of aromatic nitrogens is 2. The van der Waals surface area contributed by atoms with E-state index < -0.39 is 11.7 Å². The van der Waals surface area contributed by atoms with Gasteiger partial charge in [-0.05, 0) is 44.5 Å². The molecule has 0 radical (unpaired) electrons. The summed E-state index contributed by atoms with van der Waals surface area (Å²) in [4.78, 5) is 8.21. The first-order chi connectivity index (χ1) is 12.8. The molecule has 0 aliphatic heterocycles. The number of nitrogens with one attached hydrogen (secondary N) is 1. The van der Waals surface area contributed by atoms with Crippen LogP contribution in [-0.4, -0.2) is 36.3 Å². The van der Waals surface area contributed by atoms with E-state index in [1.807, 2.05) is 13.0 Å². The number of benzene rings is 1. The van der Waals surface area contributed by atoms with E-state index in [1.54, 1.807) is 13.2 Å². The van der Waals surface area contributed by atoms with Gasteiger partial charge in [0.1, 0.15) is 6.07 Å². The van der Waals surface area contributed by atoms with E-state index in [0.29, 0.717) is 30.0 Å². The van der Waals surface area contributed by atoms with Crippen LogP contribution in [0.2, 0.25) is 0 Å². The molecule has 1 N–H and O–H groups in total. The highest BCUT2D eigenvalue weighted by atomic mass is 35.5. The maximum Gasteiger partial charge on any atom is 0.416 e. The van der Waals surface area contributed by atoms with Crippen LogP contribution in [-0.2, 0) is 17.3 Å². The number of methoxy groups -OCH3 is 1. The first kappa shape index (κ1) is 23.8. The summed E-state index contributed by atoms with van der Waals surface area (Å²) in [5.41, 5.74) is 0.477. The van der Waals surface area contributed by atoms with Crippen LogP contribution in [0.5, 0.6) is 0 Å². The fourth-order valence-corrected chi connectivity index (χ4v) is 2.61. The lowest BCUT2D eigenvalue weighted by molar-refractivity contribution is -0.137. The third-order valence-corrected chi connectivity index (χ3v) is 3.88. The van der Waals surface area contributed by atoms with Crippen molar-refractivity contribution >= 4 is 12.4 Å². The number of alkyl halides is 3. The Morgan fingerprint density at radius 3 is 2.64 bits per heavy atom. The predicted octanol–water partition coefficient (Wildman–Crippen LogP) is 4.01. The van der Waals surface area contributed by atoms with E-state index in [-0.39, 0.29) is 24.3 Å². The topological polar surface area (TPSA) is 70.8 Å². The molecule has 2 rings (SSSR count). The number of nitriles is 1. The molecule has 1 heterocycles. The number of nitrogens with zero attached hydrogens (tertiary/aromatic N) is 3. The fraction of sp³-hybridized carbons (Fsp3) is 0.421. The van der Waals surface area contributed by atoms with Crippen molar-refractivity contribution < 1.29 is 17.9 Å². The molecule has 1 aromatic heterocycles. The van der Waals surface area contributed by atoms with Crippen LogP contribution in [0, 0.1) is 11.3 Å². The van der Waals surface area contributed by atoms with E-state index >= 15 is 0 Å². The molecule has 2 aromatic rings. The normalized spacial score (nSPS) is 12.1. The first-order valence-electron chi connectivity index (χ1n) is 8.51. The van der Waals surface area contributed by atoms with Gasteiger partial charge < -0.3 is 10.1 Å². The van der Waals surface area contributed by atoms with E-state index in [0.717, 1.165) is 25.1 Å². The number of aryl methyl sites for hydroxylation is 1. The second-order valence-electron chi connectivity index (χ2n) is 6.17. The van der Waals surface area contributed by atoms with Crippen LogP contribution in [0.25, 0.3) is 11.3 Å². The van der Waals surface area contributed by atoms with Crippen molar-refractivity contribution in [3.63, 3.8) is 0 Å². The van der Waals surface area contributed by atoms with Gasteiger partial charge in [0.15, 0.2) is 0 Å². The Morgan fingerprint density at radius 2 is 2.00 bits per heavy atom. The first-order valence-corrected chi connectivity index (χ1v) is 8.51. The molecule has 5 nitrogen and oxygen atoms in total. The minimum Gasteiger partial charge on any atom is -0.383 e. The third kappa shape index (κ3) is 7.08. The van der Waals surface area contributed by atoms with Gasteiger partial charge in [0.05, 0.1) is 17.9 Å². The number of hydrogen-bond acceptors (Lipinski definition) is 5. The molecule has 1 atom stereocenters. The van der Waals surface area contributed by atoms with E-state index in [9.17, 15) is 13.2 Å². The molecule has 0 saturated heterocycles. The van der Waals surface area contributed by atoms with Crippen molar-refractivity contribution in [2.75, 3.05) is 20.3 Å². The van der Waals surface area contributed by atoms with E-state index in [2.05, 4.69) is 15.3 Å². The van der Waals surface area contributed by atoms with Gasteiger partial charge in [0.25, 0.3) is 0 Å². The molecule has 0 saturated carbocycles. The second kappa shape index (κ2) is 11.0. The van der Waals surface area contributed by atoms with Crippen LogP contribution < -0.4 is 5.32 Å². The van der Waals surface area contributed by atoms with Gasteiger partial charge in [-0.2, -0.15) is 18.4 Å². The second-order valence-corrected chi connectivity index (χ2v) is 6.17. The van der Waals surface area contributed by atoms with Gasteiger partial charge in [-0.15, -0.1) is 12.4 Å². The predicted molar refractivity (Wildman–Crippen MR) is 102 cm³/mol. The van der Waals surface area contributed by atoms with Gasteiger partial charge in [0.2, 0.25) is 5.82 Å². The maximum absolute atomic E-state index is 12.9.